The van der Waals surface area contributed by atoms with E-state index in [1.165, 1.54) is 11.1 Å². The maximum atomic E-state index is 6.43. The molecule has 0 spiro atoms. The molecule has 2 aromatic heterocycles. The summed E-state index contributed by atoms with van der Waals surface area (Å²) < 4.78 is 1.89. The first kappa shape index (κ1) is 15.0. The van der Waals surface area contributed by atoms with Crippen molar-refractivity contribution >= 4 is 11.6 Å². The molecule has 0 aliphatic heterocycles. The smallest absolute Gasteiger partial charge is 0.0850 e. The topological polar surface area (TPSA) is 42.7 Å². The van der Waals surface area contributed by atoms with Crippen LogP contribution in [0.25, 0.3) is 0 Å². The minimum absolute atomic E-state index is 0.204. The van der Waals surface area contributed by atoms with E-state index in [2.05, 4.69) is 35.3 Å². The molecule has 4 nitrogen and oxygen atoms in total. The molecular formula is C15H21ClN4. The molecule has 1 N–H and O–H groups in total. The van der Waals surface area contributed by atoms with E-state index in [4.69, 9.17) is 11.6 Å². The molecule has 0 amide bonds. The highest BCUT2D eigenvalue weighted by molar-refractivity contribution is 6.31. The largest absolute Gasteiger partial charge is 0.313 e. The van der Waals surface area contributed by atoms with Crippen LogP contribution in [0, 0.1) is 6.92 Å². The molecule has 2 rings (SSSR count). The van der Waals surface area contributed by atoms with Gasteiger partial charge in [0.05, 0.1) is 16.4 Å². The molecule has 5 heteroatoms. The van der Waals surface area contributed by atoms with Crippen LogP contribution in [0.1, 0.15) is 35.5 Å². The Bertz CT molecular complexity index is 592. The van der Waals surface area contributed by atoms with E-state index in [9.17, 15) is 0 Å². The van der Waals surface area contributed by atoms with Crippen molar-refractivity contribution in [2.75, 3.05) is 7.05 Å². The summed E-state index contributed by atoms with van der Waals surface area (Å²) in [6.07, 6.45) is 5.38. The van der Waals surface area contributed by atoms with Gasteiger partial charge in [0, 0.05) is 31.9 Å². The van der Waals surface area contributed by atoms with Crippen LogP contribution in [-0.4, -0.2) is 21.8 Å². The van der Waals surface area contributed by atoms with E-state index in [0.29, 0.717) is 0 Å². The Labute approximate surface area is 125 Å². The molecule has 108 valence electrons. The molecule has 1 atom stereocenters. The third kappa shape index (κ3) is 2.86. The Morgan fingerprint density at radius 3 is 2.75 bits per heavy atom. The van der Waals surface area contributed by atoms with Gasteiger partial charge in [0.2, 0.25) is 0 Å². The summed E-state index contributed by atoms with van der Waals surface area (Å²) in [6.45, 7) is 4.15. The average molecular weight is 293 g/mol. The van der Waals surface area contributed by atoms with Gasteiger partial charge in [-0.2, -0.15) is 5.10 Å². The SMILES string of the molecule is CCc1nn(C)c(CC(NC)c2ccncc2C)c1Cl. The van der Waals surface area contributed by atoms with Gasteiger partial charge in [0.15, 0.2) is 0 Å². The van der Waals surface area contributed by atoms with Crippen molar-refractivity contribution in [3.05, 3.63) is 46.0 Å². The van der Waals surface area contributed by atoms with Gasteiger partial charge < -0.3 is 5.32 Å². The highest BCUT2D eigenvalue weighted by Crippen LogP contribution is 2.27. The molecule has 0 radical (unpaired) electrons. The monoisotopic (exact) mass is 292 g/mol. The summed E-state index contributed by atoms with van der Waals surface area (Å²) in [7, 11) is 3.92. The van der Waals surface area contributed by atoms with Crippen molar-refractivity contribution in [2.45, 2.75) is 32.7 Å². The molecule has 0 aromatic carbocycles. The van der Waals surface area contributed by atoms with Gasteiger partial charge in [0.1, 0.15) is 0 Å². The molecular weight excluding hydrogens is 272 g/mol. The highest BCUT2D eigenvalue weighted by Gasteiger charge is 2.19. The number of hydrogen-bond acceptors (Lipinski definition) is 3. The standard InChI is InChI=1S/C15H21ClN4/c1-5-12-15(16)14(20(4)19-12)8-13(17-3)11-6-7-18-9-10(11)2/h6-7,9,13,17H,5,8H2,1-4H3. The normalized spacial score (nSPS) is 12.7. The maximum Gasteiger partial charge on any atom is 0.0850 e. The van der Waals surface area contributed by atoms with E-state index >= 15 is 0 Å². The lowest BCUT2D eigenvalue weighted by molar-refractivity contribution is 0.558. The minimum Gasteiger partial charge on any atom is -0.313 e. The predicted octanol–water partition coefficient (Wildman–Crippen LogP) is 2.84. The highest BCUT2D eigenvalue weighted by atomic mass is 35.5. The minimum atomic E-state index is 0.204. The van der Waals surface area contributed by atoms with Gasteiger partial charge in [-0.15, -0.1) is 0 Å². The first-order chi connectivity index (χ1) is 9.58. The van der Waals surface area contributed by atoms with Crippen LogP contribution in [0.3, 0.4) is 0 Å². The van der Waals surface area contributed by atoms with Crippen LogP contribution in [-0.2, 0) is 19.9 Å². The van der Waals surface area contributed by atoms with Gasteiger partial charge in [-0.1, -0.05) is 18.5 Å². The Morgan fingerprint density at radius 2 is 2.20 bits per heavy atom. The summed E-state index contributed by atoms with van der Waals surface area (Å²) >= 11 is 6.43. The predicted molar refractivity (Wildman–Crippen MR) is 82.1 cm³/mol. The number of hydrogen-bond donors (Lipinski definition) is 1. The second-order valence-corrected chi connectivity index (χ2v) is 5.34. The summed E-state index contributed by atoms with van der Waals surface area (Å²) in [4.78, 5) is 4.15. The van der Waals surface area contributed by atoms with E-state index in [-0.39, 0.29) is 6.04 Å². The number of halogens is 1. The fourth-order valence-electron chi connectivity index (χ4n) is 2.48. The number of likely N-dealkylation sites (N-methyl/N-ethyl adjacent to an activating group) is 1. The lowest BCUT2D eigenvalue weighted by Gasteiger charge is -2.18. The Hall–Kier alpha value is -1.39. The molecule has 20 heavy (non-hydrogen) atoms. The number of aromatic nitrogens is 3. The third-order valence-corrected chi connectivity index (χ3v) is 4.12. The number of nitrogens with zero attached hydrogens (tertiary/aromatic N) is 3. The number of pyridine rings is 1. The Morgan fingerprint density at radius 1 is 1.45 bits per heavy atom. The summed E-state index contributed by atoms with van der Waals surface area (Å²) in [5.41, 5.74) is 4.46. The van der Waals surface area contributed by atoms with Crippen LogP contribution < -0.4 is 5.32 Å². The third-order valence-electron chi connectivity index (χ3n) is 3.69. The lowest BCUT2D eigenvalue weighted by atomic mass is 9.99. The fraction of sp³-hybridized carbons (Fsp3) is 0.467. The van der Waals surface area contributed by atoms with Gasteiger partial charge >= 0.3 is 0 Å². The zero-order valence-corrected chi connectivity index (χ0v) is 13.2. The van der Waals surface area contributed by atoms with E-state index < -0.39 is 0 Å². The van der Waals surface area contributed by atoms with Crippen LogP contribution in [0.4, 0.5) is 0 Å². The molecule has 0 fully saturated rings. The van der Waals surface area contributed by atoms with Crippen LogP contribution in [0.15, 0.2) is 18.5 Å². The van der Waals surface area contributed by atoms with Crippen molar-refractivity contribution in [2.24, 2.45) is 7.05 Å². The van der Waals surface area contributed by atoms with Crippen molar-refractivity contribution in [1.82, 2.24) is 20.1 Å². The number of nitrogens with one attached hydrogen (secondary N) is 1. The van der Waals surface area contributed by atoms with Crippen molar-refractivity contribution < 1.29 is 0 Å². The van der Waals surface area contributed by atoms with Crippen LogP contribution in [0.5, 0.6) is 0 Å². The first-order valence-electron chi connectivity index (χ1n) is 6.86. The van der Waals surface area contributed by atoms with Crippen molar-refractivity contribution in [1.29, 1.82) is 0 Å². The second kappa shape index (κ2) is 6.37. The summed E-state index contributed by atoms with van der Waals surface area (Å²) in [6, 6.07) is 2.26. The average Bonchev–Trinajstić information content (AvgIpc) is 2.72. The molecule has 0 saturated carbocycles. The molecule has 0 saturated heterocycles. The van der Waals surface area contributed by atoms with E-state index in [1.807, 2.05) is 31.2 Å². The molecule has 0 aliphatic carbocycles. The van der Waals surface area contributed by atoms with Crippen LogP contribution in [0.2, 0.25) is 5.02 Å². The molecule has 0 bridgehead atoms. The maximum absolute atomic E-state index is 6.43. The zero-order valence-electron chi connectivity index (χ0n) is 12.4. The summed E-state index contributed by atoms with van der Waals surface area (Å²) in [5.74, 6) is 0. The molecule has 1 unspecified atom stereocenters. The Kier molecular flexibility index (Phi) is 4.78. The second-order valence-electron chi connectivity index (χ2n) is 4.96. The molecule has 2 aromatic rings. The van der Waals surface area contributed by atoms with Crippen molar-refractivity contribution in [3.63, 3.8) is 0 Å². The van der Waals surface area contributed by atoms with E-state index in [0.717, 1.165) is 29.3 Å². The fourth-order valence-corrected chi connectivity index (χ4v) is 2.85. The molecule has 2 heterocycles. The Balaban J connectivity index is 2.32. The lowest BCUT2D eigenvalue weighted by Crippen LogP contribution is -2.21. The molecule has 0 aliphatic rings. The zero-order chi connectivity index (χ0) is 14.7. The van der Waals surface area contributed by atoms with Gasteiger partial charge in [0.25, 0.3) is 0 Å². The van der Waals surface area contributed by atoms with Gasteiger partial charge in [-0.05, 0) is 37.6 Å². The first-order valence-corrected chi connectivity index (χ1v) is 7.24. The quantitative estimate of drug-likeness (QED) is 0.921. The summed E-state index contributed by atoms with van der Waals surface area (Å²) in [5, 5.41) is 8.63. The van der Waals surface area contributed by atoms with Crippen molar-refractivity contribution in [3.8, 4) is 0 Å². The van der Waals surface area contributed by atoms with Crippen LogP contribution >= 0.6 is 11.6 Å². The van der Waals surface area contributed by atoms with E-state index in [1.54, 1.807) is 0 Å². The van der Waals surface area contributed by atoms with Gasteiger partial charge in [-0.3, -0.25) is 9.67 Å². The number of aryl methyl sites for hydroxylation is 3. The number of rotatable bonds is 5. The van der Waals surface area contributed by atoms with Gasteiger partial charge in [-0.25, -0.2) is 0 Å².